The Bertz CT molecular complexity index is 677. The lowest BCUT2D eigenvalue weighted by Crippen LogP contribution is -2.06. The largest absolute Gasteiger partial charge is 0.508 e. The van der Waals surface area contributed by atoms with Crippen molar-refractivity contribution in [3.8, 4) is 17.2 Å². The molecule has 0 saturated heterocycles. The van der Waals surface area contributed by atoms with Gasteiger partial charge in [-0.15, -0.1) is 0 Å². The molecule has 17 heavy (non-hydrogen) atoms. The lowest BCUT2D eigenvalue weighted by molar-refractivity contribution is 0.385. The minimum atomic E-state index is -4.63. The number of aromatic hydroxyl groups is 2. The van der Waals surface area contributed by atoms with Crippen molar-refractivity contribution < 1.29 is 27.4 Å². The first-order valence-corrected chi connectivity index (χ1v) is 5.84. The molecule has 0 aromatic heterocycles. The number of phenols is 2. The van der Waals surface area contributed by atoms with Gasteiger partial charge in [-0.25, -0.2) is 0 Å². The summed E-state index contributed by atoms with van der Waals surface area (Å²) in [6, 6.07) is 6.50. The van der Waals surface area contributed by atoms with Gasteiger partial charge in [0.2, 0.25) is 0 Å². The smallest absolute Gasteiger partial charge is 0.446 e. The van der Waals surface area contributed by atoms with E-state index in [0.717, 1.165) is 6.07 Å². The van der Waals surface area contributed by atoms with Crippen LogP contribution in [0.5, 0.6) is 17.2 Å². The Labute approximate surface area is 96.7 Å². The molecule has 0 aliphatic heterocycles. The van der Waals surface area contributed by atoms with E-state index < -0.39 is 10.4 Å². The van der Waals surface area contributed by atoms with Crippen molar-refractivity contribution in [2.24, 2.45) is 0 Å². The first kappa shape index (κ1) is 11.5. The molecular weight excluding hydrogens is 248 g/mol. The molecule has 0 amide bonds. The molecule has 2 rings (SSSR count). The Morgan fingerprint density at radius 3 is 2.41 bits per heavy atom. The summed E-state index contributed by atoms with van der Waals surface area (Å²) in [5.74, 6) is -0.517. The molecule has 2 aromatic carbocycles. The van der Waals surface area contributed by atoms with Crippen molar-refractivity contribution in [3.05, 3.63) is 30.3 Å². The summed E-state index contributed by atoms with van der Waals surface area (Å²) in [5, 5.41) is 19.6. The standard InChI is InChI=1S/C10H8O6S/c11-7-2-1-6-3-8(16-17(13,14)15)5-10(12)9(6)4-7/h1-5,11-12H,(H,13,14,15). The van der Waals surface area contributed by atoms with Crippen LogP contribution < -0.4 is 4.18 Å². The second-order valence-corrected chi connectivity index (χ2v) is 4.38. The fourth-order valence-electron chi connectivity index (χ4n) is 1.47. The van der Waals surface area contributed by atoms with Gasteiger partial charge in [0.05, 0.1) is 0 Å². The monoisotopic (exact) mass is 256 g/mol. The van der Waals surface area contributed by atoms with Crippen molar-refractivity contribution in [2.45, 2.75) is 0 Å². The third-order valence-electron chi connectivity index (χ3n) is 2.09. The average Bonchev–Trinajstić information content (AvgIpc) is 2.17. The van der Waals surface area contributed by atoms with Crippen LogP contribution >= 0.6 is 0 Å². The molecule has 0 unspecified atom stereocenters. The zero-order valence-corrected chi connectivity index (χ0v) is 9.18. The summed E-state index contributed by atoms with van der Waals surface area (Å²) in [5.41, 5.74) is 0. The van der Waals surface area contributed by atoms with E-state index in [2.05, 4.69) is 4.18 Å². The van der Waals surface area contributed by atoms with E-state index in [9.17, 15) is 18.6 Å². The Balaban J connectivity index is 2.60. The number of benzene rings is 2. The minimum Gasteiger partial charge on any atom is -0.508 e. The molecule has 6 nitrogen and oxygen atoms in total. The van der Waals surface area contributed by atoms with Crippen LogP contribution in [0.4, 0.5) is 0 Å². The SMILES string of the molecule is O=S(=O)(O)Oc1cc(O)c2cc(O)ccc2c1. The number of hydrogen-bond acceptors (Lipinski definition) is 5. The molecule has 2 aromatic rings. The third-order valence-corrected chi connectivity index (χ3v) is 2.49. The van der Waals surface area contributed by atoms with Gasteiger partial charge in [-0.05, 0) is 23.6 Å². The lowest BCUT2D eigenvalue weighted by atomic mass is 10.1. The minimum absolute atomic E-state index is 0.0313. The maximum Gasteiger partial charge on any atom is 0.446 e. The number of rotatable bonds is 2. The Morgan fingerprint density at radius 1 is 1.06 bits per heavy atom. The van der Waals surface area contributed by atoms with Gasteiger partial charge < -0.3 is 14.4 Å². The Hall–Kier alpha value is -1.99. The van der Waals surface area contributed by atoms with E-state index >= 15 is 0 Å². The van der Waals surface area contributed by atoms with E-state index in [1.165, 1.54) is 24.3 Å². The Morgan fingerprint density at radius 2 is 1.76 bits per heavy atom. The molecule has 0 fully saturated rings. The van der Waals surface area contributed by atoms with Crippen LogP contribution in [-0.2, 0) is 10.4 Å². The zero-order chi connectivity index (χ0) is 12.6. The van der Waals surface area contributed by atoms with Crippen LogP contribution in [0, 0.1) is 0 Å². The Kier molecular flexibility index (Phi) is 2.56. The van der Waals surface area contributed by atoms with Gasteiger partial charge >= 0.3 is 10.4 Å². The topological polar surface area (TPSA) is 104 Å². The van der Waals surface area contributed by atoms with Crippen molar-refractivity contribution >= 4 is 21.2 Å². The summed E-state index contributed by atoms with van der Waals surface area (Å²) in [6.07, 6.45) is 0. The first-order chi connectivity index (χ1) is 7.85. The van der Waals surface area contributed by atoms with E-state index in [-0.39, 0.29) is 17.2 Å². The molecule has 0 radical (unpaired) electrons. The fourth-order valence-corrected chi connectivity index (χ4v) is 1.81. The number of phenolic OH excluding ortho intramolecular Hbond substituents is 2. The van der Waals surface area contributed by atoms with Gasteiger partial charge in [0.15, 0.2) is 0 Å². The summed E-state index contributed by atoms with van der Waals surface area (Å²) in [6.45, 7) is 0. The zero-order valence-electron chi connectivity index (χ0n) is 8.36. The molecule has 0 saturated carbocycles. The predicted octanol–water partition coefficient (Wildman–Crippen LogP) is 1.43. The van der Waals surface area contributed by atoms with E-state index in [1.54, 1.807) is 0 Å². The van der Waals surface area contributed by atoms with Gasteiger partial charge in [-0.1, -0.05) is 6.07 Å². The molecule has 3 N–H and O–H groups in total. The van der Waals surface area contributed by atoms with Crippen molar-refractivity contribution in [1.82, 2.24) is 0 Å². The summed E-state index contributed by atoms with van der Waals surface area (Å²) in [4.78, 5) is 0. The van der Waals surface area contributed by atoms with Gasteiger partial charge in [-0.2, -0.15) is 8.42 Å². The molecule has 0 heterocycles. The summed E-state index contributed by atoms with van der Waals surface area (Å²) >= 11 is 0. The van der Waals surface area contributed by atoms with Gasteiger partial charge in [0.25, 0.3) is 0 Å². The fraction of sp³-hybridized carbons (Fsp3) is 0. The number of fused-ring (bicyclic) bond motifs is 1. The van der Waals surface area contributed by atoms with Gasteiger partial charge in [-0.3, -0.25) is 4.55 Å². The van der Waals surface area contributed by atoms with Crippen molar-refractivity contribution in [1.29, 1.82) is 0 Å². The van der Waals surface area contributed by atoms with Crippen LogP contribution in [-0.4, -0.2) is 23.2 Å². The second kappa shape index (κ2) is 3.79. The highest BCUT2D eigenvalue weighted by Gasteiger charge is 2.10. The highest BCUT2D eigenvalue weighted by atomic mass is 32.3. The molecule has 0 aliphatic carbocycles. The highest BCUT2D eigenvalue weighted by molar-refractivity contribution is 7.81. The van der Waals surface area contributed by atoms with Gasteiger partial charge in [0, 0.05) is 11.5 Å². The van der Waals surface area contributed by atoms with E-state index in [4.69, 9.17) is 4.55 Å². The van der Waals surface area contributed by atoms with E-state index in [0.29, 0.717) is 10.8 Å². The average molecular weight is 256 g/mol. The maximum absolute atomic E-state index is 10.5. The molecular formula is C10H8O6S. The van der Waals surface area contributed by atoms with Crippen LogP contribution in [0.1, 0.15) is 0 Å². The van der Waals surface area contributed by atoms with Crippen LogP contribution in [0.25, 0.3) is 10.8 Å². The van der Waals surface area contributed by atoms with Crippen molar-refractivity contribution in [3.63, 3.8) is 0 Å². The normalized spacial score (nSPS) is 11.6. The maximum atomic E-state index is 10.5. The first-order valence-electron chi connectivity index (χ1n) is 4.48. The van der Waals surface area contributed by atoms with Crippen LogP contribution in [0.15, 0.2) is 30.3 Å². The molecule has 0 aliphatic rings. The molecule has 0 atom stereocenters. The second-order valence-electron chi connectivity index (χ2n) is 3.36. The molecule has 0 spiro atoms. The van der Waals surface area contributed by atoms with Gasteiger partial charge in [0.1, 0.15) is 17.2 Å². The lowest BCUT2D eigenvalue weighted by Gasteiger charge is -2.06. The van der Waals surface area contributed by atoms with Crippen LogP contribution in [0.3, 0.4) is 0 Å². The third kappa shape index (κ3) is 2.58. The molecule has 0 bridgehead atoms. The quantitative estimate of drug-likeness (QED) is 0.702. The molecule has 90 valence electrons. The van der Waals surface area contributed by atoms with Crippen LogP contribution in [0.2, 0.25) is 0 Å². The summed E-state index contributed by atoms with van der Waals surface area (Å²) in [7, 11) is -4.63. The highest BCUT2D eigenvalue weighted by Crippen LogP contribution is 2.32. The van der Waals surface area contributed by atoms with Crippen molar-refractivity contribution in [2.75, 3.05) is 0 Å². The predicted molar refractivity (Wildman–Crippen MR) is 59.5 cm³/mol. The van der Waals surface area contributed by atoms with E-state index in [1.807, 2.05) is 0 Å². The molecule has 7 heteroatoms. The summed E-state index contributed by atoms with van der Waals surface area (Å²) < 4.78 is 33.8. The number of hydrogen-bond donors (Lipinski definition) is 3.